The molecule has 0 saturated carbocycles. The van der Waals surface area contributed by atoms with Crippen molar-refractivity contribution in [2.24, 2.45) is 5.41 Å². The molecule has 0 aromatic rings. The first-order valence-corrected chi connectivity index (χ1v) is 3.63. The van der Waals surface area contributed by atoms with Gasteiger partial charge < -0.3 is 0 Å². The van der Waals surface area contributed by atoms with Crippen LogP contribution < -0.4 is 0 Å². The molecule has 0 aromatic carbocycles. The highest BCUT2D eigenvalue weighted by atomic mass is 35.5. The van der Waals surface area contributed by atoms with Crippen LogP contribution in [-0.2, 0) is 0 Å². The summed E-state index contributed by atoms with van der Waals surface area (Å²) < 4.78 is 0. The lowest BCUT2D eigenvalue weighted by molar-refractivity contribution is 0.380. The molecular weight excluding hydrogens is 132 g/mol. The molecule has 0 atom stereocenters. The van der Waals surface area contributed by atoms with Crippen LogP contribution in [0.25, 0.3) is 0 Å². The van der Waals surface area contributed by atoms with E-state index in [9.17, 15) is 0 Å². The lowest BCUT2D eigenvalue weighted by atomic mass is 9.91. The zero-order valence-corrected chi connectivity index (χ0v) is 7.26. The molecule has 1 heteroatoms. The maximum Gasteiger partial charge on any atom is 0.0109 e. The minimum Gasteiger partial charge on any atom is -0.0898 e. The second kappa shape index (κ2) is 3.26. The highest BCUT2D eigenvalue weighted by Gasteiger charge is 2.08. The minimum absolute atomic E-state index is 0.387. The van der Waals surface area contributed by atoms with Crippen molar-refractivity contribution in [1.82, 2.24) is 0 Å². The summed E-state index contributed by atoms with van der Waals surface area (Å²) >= 11 is 5.59. The van der Waals surface area contributed by atoms with Gasteiger partial charge in [-0.3, -0.25) is 0 Å². The predicted molar refractivity (Wildman–Crippen MR) is 43.7 cm³/mol. The van der Waals surface area contributed by atoms with Crippen molar-refractivity contribution in [2.75, 3.05) is 0 Å². The summed E-state index contributed by atoms with van der Waals surface area (Å²) in [4.78, 5) is 0. The van der Waals surface area contributed by atoms with Crippen molar-refractivity contribution in [2.45, 2.75) is 33.6 Å². The minimum atomic E-state index is 0.387. The highest BCUT2D eigenvalue weighted by Crippen LogP contribution is 2.23. The molecule has 0 rings (SSSR count). The van der Waals surface area contributed by atoms with Crippen LogP contribution in [0.15, 0.2) is 11.6 Å². The third kappa shape index (κ3) is 8.03. The fourth-order valence-corrected chi connectivity index (χ4v) is 0.605. The van der Waals surface area contributed by atoms with Gasteiger partial charge in [0, 0.05) is 5.03 Å². The Morgan fingerprint density at radius 3 is 2.00 bits per heavy atom. The molecule has 0 spiro atoms. The molecule has 0 unspecified atom stereocenters. The summed E-state index contributed by atoms with van der Waals surface area (Å²) in [6.45, 7) is 10.2. The van der Waals surface area contributed by atoms with Crippen LogP contribution in [0.1, 0.15) is 33.6 Å². The molecule has 0 heterocycles. The van der Waals surface area contributed by atoms with Crippen LogP contribution in [0.4, 0.5) is 0 Å². The van der Waals surface area contributed by atoms with Gasteiger partial charge in [-0.15, -0.1) is 0 Å². The van der Waals surface area contributed by atoms with Crippen LogP contribution >= 0.6 is 11.6 Å². The van der Waals surface area contributed by atoms with Gasteiger partial charge in [-0.25, -0.2) is 0 Å². The largest absolute Gasteiger partial charge is 0.0898 e. The molecule has 0 radical (unpaired) electrons. The fraction of sp³-hybridized carbons (Fsp3) is 0.750. The average molecular weight is 147 g/mol. The van der Waals surface area contributed by atoms with Crippen molar-refractivity contribution in [3.63, 3.8) is 0 Å². The molecule has 0 bridgehead atoms. The fourth-order valence-electron chi connectivity index (χ4n) is 0.511. The number of rotatable bonds is 2. The van der Waals surface area contributed by atoms with Gasteiger partial charge >= 0.3 is 0 Å². The number of halogens is 1. The first-order chi connectivity index (χ1) is 3.92. The van der Waals surface area contributed by atoms with Gasteiger partial charge in [0.2, 0.25) is 0 Å². The normalized spacial score (nSPS) is 11.6. The highest BCUT2D eigenvalue weighted by molar-refractivity contribution is 6.29. The molecule has 0 fully saturated rings. The second-order valence-electron chi connectivity index (χ2n) is 3.58. The Morgan fingerprint density at radius 1 is 1.44 bits per heavy atom. The van der Waals surface area contributed by atoms with Crippen molar-refractivity contribution >= 4 is 11.6 Å². The van der Waals surface area contributed by atoms with E-state index in [1.54, 1.807) is 0 Å². The third-order valence-corrected chi connectivity index (χ3v) is 1.34. The summed E-state index contributed by atoms with van der Waals surface area (Å²) in [7, 11) is 0. The van der Waals surface area contributed by atoms with Gasteiger partial charge in [0.15, 0.2) is 0 Å². The van der Waals surface area contributed by atoms with E-state index in [0.29, 0.717) is 5.41 Å². The number of hydrogen-bond acceptors (Lipinski definition) is 0. The van der Waals surface area contributed by atoms with Gasteiger partial charge in [-0.2, -0.15) is 0 Å². The smallest absolute Gasteiger partial charge is 0.0109 e. The van der Waals surface area contributed by atoms with Gasteiger partial charge in [0.1, 0.15) is 0 Å². The van der Waals surface area contributed by atoms with Crippen molar-refractivity contribution in [3.8, 4) is 0 Å². The van der Waals surface area contributed by atoms with Crippen LogP contribution in [0.5, 0.6) is 0 Å². The van der Waals surface area contributed by atoms with E-state index in [2.05, 4.69) is 27.4 Å². The monoisotopic (exact) mass is 146 g/mol. The lowest BCUT2D eigenvalue weighted by Gasteiger charge is -2.16. The molecular formula is C8H15Cl. The maximum atomic E-state index is 5.59. The molecule has 0 aliphatic heterocycles. The van der Waals surface area contributed by atoms with Crippen LogP contribution in [0, 0.1) is 5.41 Å². The predicted octanol–water partition coefficient (Wildman–Crippen LogP) is 3.57. The summed E-state index contributed by atoms with van der Waals surface area (Å²) in [6, 6.07) is 0. The van der Waals surface area contributed by atoms with E-state index >= 15 is 0 Å². The Labute approximate surface area is 62.9 Å². The van der Waals surface area contributed by atoms with Gasteiger partial charge in [0.25, 0.3) is 0 Å². The molecule has 54 valence electrons. The molecule has 0 nitrogen and oxygen atoms in total. The van der Waals surface area contributed by atoms with Gasteiger partial charge in [0.05, 0.1) is 0 Å². The summed E-state index contributed by atoms with van der Waals surface area (Å²) in [5.74, 6) is 0. The molecule has 0 aromatic heterocycles. The van der Waals surface area contributed by atoms with E-state index < -0.39 is 0 Å². The Balaban J connectivity index is 3.39. The Bertz CT molecular complexity index is 97.6. The maximum absolute atomic E-state index is 5.59. The molecule has 9 heavy (non-hydrogen) atoms. The molecule has 0 N–H and O–H groups in total. The standard InChI is InChI=1S/C8H15Cl/c1-7(9)5-6-8(2,3)4/h1,5-6H2,2-4H3. The molecule has 0 saturated heterocycles. The molecule has 0 aliphatic rings. The quantitative estimate of drug-likeness (QED) is 0.559. The van der Waals surface area contributed by atoms with Crippen LogP contribution in [0.2, 0.25) is 0 Å². The summed E-state index contributed by atoms with van der Waals surface area (Å²) in [5, 5.41) is 0.768. The Kier molecular flexibility index (Phi) is 3.27. The van der Waals surface area contributed by atoms with Gasteiger partial charge in [-0.1, -0.05) is 39.0 Å². The number of hydrogen-bond donors (Lipinski definition) is 0. The summed E-state index contributed by atoms with van der Waals surface area (Å²) in [5.41, 5.74) is 0.387. The lowest BCUT2D eigenvalue weighted by Crippen LogP contribution is -2.03. The van der Waals surface area contributed by atoms with E-state index in [-0.39, 0.29) is 0 Å². The van der Waals surface area contributed by atoms with Crippen LogP contribution in [-0.4, -0.2) is 0 Å². The number of allylic oxidation sites excluding steroid dienone is 1. The average Bonchev–Trinajstić information content (AvgIpc) is 1.59. The van der Waals surface area contributed by atoms with Crippen molar-refractivity contribution < 1.29 is 0 Å². The van der Waals surface area contributed by atoms with E-state index in [4.69, 9.17) is 11.6 Å². The SMILES string of the molecule is C=C(Cl)CCC(C)(C)C. The van der Waals surface area contributed by atoms with Gasteiger partial charge in [-0.05, 0) is 18.3 Å². The molecule has 0 aliphatic carbocycles. The van der Waals surface area contributed by atoms with Crippen LogP contribution in [0.3, 0.4) is 0 Å². The second-order valence-corrected chi connectivity index (χ2v) is 4.11. The first-order valence-electron chi connectivity index (χ1n) is 3.25. The zero-order chi connectivity index (χ0) is 7.49. The van der Waals surface area contributed by atoms with E-state index in [0.717, 1.165) is 17.9 Å². The Morgan fingerprint density at radius 2 is 1.89 bits per heavy atom. The van der Waals surface area contributed by atoms with E-state index in [1.807, 2.05) is 0 Å². The summed E-state index contributed by atoms with van der Waals surface area (Å²) in [6.07, 6.45) is 2.06. The van der Waals surface area contributed by atoms with Crippen molar-refractivity contribution in [1.29, 1.82) is 0 Å². The first kappa shape index (κ1) is 9.03. The van der Waals surface area contributed by atoms with Crippen molar-refractivity contribution in [3.05, 3.63) is 11.6 Å². The third-order valence-electron chi connectivity index (χ3n) is 1.15. The zero-order valence-electron chi connectivity index (χ0n) is 6.50. The topological polar surface area (TPSA) is 0 Å². The van der Waals surface area contributed by atoms with E-state index in [1.165, 1.54) is 0 Å². The Hall–Kier alpha value is 0.0300. The molecule has 0 amide bonds.